The van der Waals surface area contributed by atoms with Gasteiger partial charge in [0.1, 0.15) is 0 Å². The molecule has 1 saturated heterocycles. The molecule has 0 spiro atoms. The molecule has 1 heterocycles. The fraction of sp³-hybridized carbons (Fsp3) is 0.267. The lowest BCUT2D eigenvalue weighted by Crippen LogP contribution is -2.33. The first-order valence-electron chi connectivity index (χ1n) is 12.4. The predicted octanol–water partition coefficient (Wildman–Crippen LogP) is 5.31. The Hall–Kier alpha value is -3.77. The maximum Gasteiger partial charge on any atom is 0.338 e. The zero-order chi connectivity index (χ0) is 25.7. The molecule has 0 aromatic heterocycles. The second kappa shape index (κ2) is 9.27. The molecule has 0 unspecified atom stereocenters. The number of Topliss-reactive ketones (excluding diaryl/α,β-unsaturated/α-hetero) is 1. The van der Waals surface area contributed by atoms with E-state index >= 15 is 0 Å². The molecule has 2 bridgehead atoms. The van der Waals surface area contributed by atoms with Crippen LogP contribution >= 0.6 is 11.6 Å². The van der Waals surface area contributed by atoms with Crippen molar-refractivity contribution in [3.8, 4) is 0 Å². The molecular weight excluding hydrogens is 490 g/mol. The van der Waals surface area contributed by atoms with E-state index in [0.717, 1.165) is 12.8 Å². The van der Waals surface area contributed by atoms with Crippen molar-refractivity contribution < 1.29 is 23.9 Å². The molecular formula is C30H24ClNO5. The van der Waals surface area contributed by atoms with Crippen molar-refractivity contribution in [3.63, 3.8) is 0 Å². The molecule has 1 aliphatic heterocycles. The van der Waals surface area contributed by atoms with Crippen LogP contribution in [0.25, 0.3) is 0 Å². The molecule has 2 saturated carbocycles. The molecule has 3 aliphatic rings. The Morgan fingerprint density at radius 1 is 0.811 bits per heavy atom. The number of nitrogens with zero attached hydrogens (tertiary/aromatic N) is 1. The SMILES string of the molecule is O=C(COC(=O)c1ccc(N2C(=O)[C@@H]3[C@@H]4C[C@H]([C@H]3C2=O)[C@@H](c2ccccc2)C4)cc1)c1ccc(Cl)cc1. The minimum absolute atomic E-state index is 0.141. The van der Waals surface area contributed by atoms with Crippen molar-refractivity contribution in [1.29, 1.82) is 0 Å². The molecule has 37 heavy (non-hydrogen) atoms. The van der Waals surface area contributed by atoms with Gasteiger partial charge in [0.2, 0.25) is 11.8 Å². The largest absolute Gasteiger partial charge is 0.454 e. The Balaban J connectivity index is 1.13. The average molecular weight is 514 g/mol. The van der Waals surface area contributed by atoms with Gasteiger partial charge in [0.15, 0.2) is 12.4 Å². The van der Waals surface area contributed by atoms with E-state index in [0.29, 0.717) is 22.2 Å². The molecule has 3 aromatic carbocycles. The third-order valence-electron chi connectivity index (χ3n) is 8.11. The maximum absolute atomic E-state index is 13.5. The van der Waals surface area contributed by atoms with E-state index in [1.165, 1.54) is 22.6 Å². The van der Waals surface area contributed by atoms with E-state index in [4.69, 9.17) is 16.3 Å². The molecule has 2 aliphatic carbocycles. The smallest absolute Gasteiger partial charge is 0.338 e. The van der Waals surface area contributed by atoms with Crippen LogP contribution in [0, 0.1) is 23.7 Å². The van der Waals surface area contributed by atoms with Crippen LogP contribution in [0.5, 0.6) is 0 Å². The van der Waals surface area contributed by atoms with Crippen molar-refractivity contribution in [2.24, 2.45) is 23.7 Å². The number of halogens is 1. The van der Waals surface area contributed by atoms with Crippen LogP contribution in [0.15, 0.2) is 78.9 Å². The molecule has 5 atom stereocenters. The molecule has 0 N–H and O–H groups in total. The average Bonchev–Trinajstić information content (AvgIpc) is 3.59. The van der Waals surface area contributed by atoms with Gasteiger partial charge in [-0.1, -0.05) is 41.9 Å². The molecule has 6 rings (SSSR count). The highest BCUT2D eigenvalue weighted by molar-refractivity contribution is 6.30. The number of carbonyl (C=O) groups excluding carboxylic acids is 4. The van der Waals surface area contributed by atoms with Crippen LogP contribution < -0.4 is 4.90 Å². The number of ketones is 1. The quantitative estimate of drug-likeness (QED) is 0.253. The number of imide groups is 1. The number of hydrogen-bond donors (Lipinski definition) is 0. The van der Waals surface area contributed by atoms with Crippen LogP contribution in [-0.4, -0.2) is 30.2 Å². The summed E-state index contributed by atoms with van der Waals surface area (Å²) >= 11 is 5.84. The second-order valence-corrected chi connectivity index (χ2v) is 10.5. The fourth-order valence-electron chi connectivity index (χ4n) is 6.48. The van der Waals surface area contributed by atoms with Gasteiger partial charge >= 0.3 is 5.97 Å². The van der Waals surface area contributed by atoms with Crippen LogP contribution in [0.2, 0.25) is 5.02 Å². The van der Waals surface area contributed by atoms with E-state index < -0.39 is 12.6 Å². The highest BCUT2D eigenvalue weighted by Gasteiger charge is 2.64. The summed E-state index contributed by atoms with van der Waals surface area (Å²) in [5.74, 6) is -1.15. The Labute approximate surface area is 219 Å². The van der Waals surface area contributed by atoms with Crippen molar-refractivity contribution in [2.45, 2.75) is 18.8 Å². The molecule has 3 fully saturated rings. The second-order valence-electron chi connectivity index (χ2n) is 10.0. The predicted molar refractivity (Wildman–Crippen MR) is 137 cm³/mol. The van der Waals surface area contributed by atoms with E-state index in [-0.39, 0.29) is 46.8 Å². The minimum atomic E-state index is -0.659. The number of carbonyl (C=O) groups is 4. The van der Waals surface area contributed by atoms with Gasteiger partial charge in [0.25, 0.3) is 0 Å². The molecule has 2 amide bonds. The minimum Gasteiger partial charge on any atom is -0.454 e. The van der Waals surface area contributed by atoms with E-state index in [1.54, 1.807) is 36.4 Å². The molecule has 7 heteroatoms. The van der Waals surface area contributed by atoms with Crippen molar-refractivity contribution in [3.05, 3.63) is 101 Å². The number of ether oxygens (including phenoxy) is 1. The number of esters is 1. The fourth-order valence-corrected chi connectivity index (χ4v) is 6.60. The van der Waals surface area contributed by atoms with Gasteiger partial charge in [-0.15, -0.1) is 0 Å². The van der Waals surface area contributed by atoms with Crippen molar-refractivity contribution in [2.75, 3.05) is 11.5 Å². The number of rotatable bonds is 6. The van der Waals surface area contributed by atoms with Crippen LogP contribution in [0.4, 0.5) is 5.69 Å². The van der Waals surface area contributed by atoms with Gasteiger partial charge in [-0.3, -0.25) is 19.3 Å². The summed E-state index contributed by atoms with van der Waals surface area (Å²) < 4.78 is 5.16. The van der Waals surface area contributed by atoms with Crippen molar-refractivity contribution in [1.82, 2.24) is 0 Å². The summed E-state index contributed by atoms with van der Waals surface area (Å²) in [6.45, 7) is -0.403. The van der Waals surface area contributed by atoms with Gasteiger partial charge in [0, 0.05) is 10.6 Å². The topological polar surface area (TPSA) is 80.8 Å². The first-order chi connectivity index (χ1) is 17.9. The van der Waals surface area contributed by atoms with Gasteiger partial charge in [0.05, 0.1) is 23.1 Å². The third-order valence-corrected chi connectivity index (χ3v) is 8.36. The Kier molecular flexibility index (Phi) is 5.92. The van der Waals surface area contributed by atoms with E-state index in [9.17, 15) is 19.2 Å². The lowest BCUT2D eigenvalue weighted by atomic mass is 9.73. The summed E-state index contributed by atoms with van der Waals surface area (Å²) in [4.78, 5) is 52.9. The Morgan fingerprint density at radius 2 is 1.46 bits per heavy atom. The van der Waals surface area contributed by atoms with Gasteiger partial charge in [-0.05, 0) is 84.7 Å². The zero-order valence-corrected chi connectivity index (χ0v) is 20.6. The van der Waals surface area contributed by atoms with Gasteiger partial charge < -0.3 is 4.74 Å². The third kappa shape index (κ3) is 4.05. The molecule has 186 valence electrons. The lowest BCUT2D eigenvalue weighted by Gasteiger charge is -2.28. The van der Waals surface area contributed by atoms with Gasteiger partial charge in [-0.2, -0.15) is 0 Å². The number of hydrogen-bond acceptors (Lipinski definition) is 5. The lowest BCUT2D eigenvalue weighted by molar-refractivity contribution is -0.123. The normalized spacial score (nSPS) is 25.9. The first-order valence-corrected chi connectivity index (χ1v) is 12.8. The van der Waals surface area contributed by atoms with Gasteiger partial charge in [-0.25, -0.2) is 4.79 Å². The standard InChI is InChI=1S/C30H24ClNO5/c31-21-10-6-18(7-11-21)25(33)16-37-30(36)19-8-12-22(13-9-19)32-28(34)26-20-14-23(17-4-2-1-3-5-17)24(15-20)27(26)29(32)35/h1-13,20,23-24,26-27H,14-16H2/t20-,23+,24-,26+,27+/m0/s1. The summed E-state index contributed by atoms with van der Waals surface area (Å²) in [5.41, 5.74) is 2.32. The number of benzene rings is 3. The summed E-state index contributed by atoms with van der Waals surface area (Å²) in [6, 6.07) is 22.8. The zero-order valence-electron chi connectivity index (χ0n) is 19.9. The highest BCUT2D eigenvalue weighted by atomic mass is 35.5. The molecule has 0 radical (unpaired) electrons. The summed E-state index contributed by atoms with van der Waals surface area (Å²) in [6.07, 6.45) is 1.85. The molecule has 6 nitrogen and oxygen atoms in total. The van der Waals surface area contributed by atoms with Crippen LogP contribution in [0.3, 0.4) is 0 Å². The monoisotopic (exact) mass is 513 g/mol. The number of amides is 2. The summed E-state index contributed by atoms with van der Waals surface area (Å²) in [7, 11) is 0. The number of fused-ring (bicyclic) bond motifs is 5. The Morgan fingerprint density at radius 3 is 2.16 bits per heavy atom. The Bertz CT molecular complexity index is 1390. The first kappa shape index (κ1) is 23.6. The van der Waals surface area contributed by atoms with Crippen molar-refractivity contribution >= 4 is 40.9 Å². The van der Waals surface area contributed by atoms with Crippen LogP contribution in [0.1, 0.15) is 45.0 Å². The number of anilines is 1. The molecule has 3 aromatic rings. The van der Waals surface area contributed by atoms with E-state index in [1.807, 2.05) is 18.2 Å². The summed E-state index contributed by atoms with van der Waals surface area (Å²) in [5, 5.41) is 0.510. The van der Waals surface area contributed by atoms with E-state index in [2.05, 4.69) is 12.1 Å². The van der Waals surface area contributed by atoms with Crippen LogP contribution in [-0.2, 0) is 14.3 Å². The maximum atomic E-state index is 13.5. The highest BCUT2D eigenvalue weighted by Crippen LogP contribution is 2.61.